The summed E-state index contributed by atoms with van der Waals surface area (Å²) in [5.74, 6) is -0.872. The summed E-state index contributed by atoms with van der Waals surface area (Å²) in [4.78, 5) is 12.0. The average Bonchev–Trinajstić information content (AvgIpc) is 2.52. The first-order chi connectivity index (χ1) is 10.8. The van der Waals surface area contributed by atoms with Crippen LogP contribution in [0.3, 0.4) is 0 Å². The Balaban J connectivity index is 2.00. The second-order valence-electron chi connectivity index (χ2n) is 4.97. The molecule has 0 atom stereocenters. The van der Waals surface area contributed by atoms with E-state index < -0.39 is 17.6 Å². The number of hydrogen-bond donors (Lipinski definition) is 0. The third-order valence-electron chi connectivity index (χ3n) is 3.40. The molecule has 122 valence electrons. The van der Waals surface area contributed by atoms with Crippen LogP contribution in [-0.4, -0.2) is 12.9 Å². The molecule has 2 aromatic rings. The van der Waals surface area contributed by atoms with E-state index in [4.69, 9.17) is 4.74 Å². The van der Waals surface area contributed by atoms with Gasteiger partial charge in [0.05, 0.1) is 12.7 Å². The third-order valence-corrected chi connectivity index (χ3v) is 3.40. The Labute approximate surface area is 130 Å². The molecule has 0 bridgehead atoms. The summed E-state index contributed by atoms with van der Waals surface area (Å²) in [6, 6.07) is 8.54. The first kappa shape index (κ1) is 17.0. The molecule has 6 heteroatoms. The van der Waals surface area contributed by atoms with Crippen molar-refractivity contribution in [3.8, 4) is 5.75 Å². The number of halogens is 4. The Morgan fingerprint density at radius 2 is 1.74 bits per heavy atom. The van der Waals surface area contributed by atoms with Crippen LogP contribution in [0.5, 0.6) is 5.75 Å². The zero-order chi connectivity index (χ0) is 17.0. The van der Waals surface area contributed by atoms with Crippen molar-refractivity contribution in [2.45, 2.75) is 19.0 Å². The maximum Gasteiger partial charge on any atom is 0.416 e. The molecule has 0 radical (unpaired) electrons. The Kier molecular flexibility index (Phi) is 5.03. The van der Waals surface area contributed by atoms with Gasteiger partial charge in [-0.1, -0.05) is 12.1 Å². The summed E-state index contributed by atoms with van der Waals surface area (Å²) < 4.78 is 55.7. The van der Waals surface area contributed by atoms with E-state index in [1.54, 1.807) is 0 Å². The number of ketones is 1. The lowest BCUT2D eigenvalue weighted by Crippen LogP contribution is -2.05. The molecule has 0 saturated carbocycles. The Morgan fingerprint density at radius 1 is 1.09 bits per heavy atom. The fraction of sp³-hybridized carbons (Fsp3) is 0.235. The van der Waals surface area contributed by atoms with Gasteiger partial charge < -0.3 is 4.74 Å². The number of rotatable bonds is 5. The van der Waals surface area contributed by atoms with Gasteiger partial charge in [0.1, 0.15) is 0 Å². The van der Waals surface area contributed by atoms with E-state index in [0.717, 1.165) is 18.2 Å². The largest absolute Gasteiger partial charge is 0.494 e. The number of methoxy groups -OCH3 is 1. The van der Waals surface area contributed by atoms with E-state index in [-0.39, 0.29) is 29.9 Å². The molecule has 0 amide bonds. The van der Waals surface area contributed by atoms with Gasteiger partial charge in [-0.2, -0.15) is 13.2 Å². The van der Waals surface area contributed by atoms with Gasteiger partial charge in [-0.15, -0.1) is 0 Å². The second kappa shape index (κ2) is 6.81. The number of carbonyl (C=O) groups excluding carboxylic acids is 1. The molecule has 0 saturated heterocycles. The molecule has 2 rings (SSSR count). The van der Waals surface area contributed by atoms with E-state index in [2.05, 4.69) is 0 Å². The second-order valence-corrected chi connectivity index (χ2v) is 4.97. The number of alkyl halides is 3. The number of hydrogen-bond acceptors (Lipinski definition) is 2. The van der Waals surface area contributed by atoms with E-state index in [1.807, 2.05) is 0 Å². The molecule has 23 heavy (non-hydrogen) atoms. The van der Waals surface area contributed by atoms with E-state index in [0.29, 0.717) is 5.56 Å². The van der Waals surface area contributed by atoms with E-state index in [9.17, 15) is 22.4 Å². The van der Waals surface area contributed by atoms with Crippen molar-refractivity contribution in [3.63, 3.8) is 0 Å². The standard InChI is InChI=1S/C17H14F4O2/c1-23-16-9-5-12(10-14(16)18)15(22)8-4-11-2-6-13(7-3-11)17(19,20)21/h2-3,5-7,9-10H,4,8H2,1H3. The molecule has 0 N–H and O–H groups in total. The molecule has 0 unspecified atom stereocenters. The lowest BCUT2D eigenvalue weighted by molar-refractivity contribution is -0.137. The lowest BCUT2D eigenvalue weighted by Gasteiger charge is -2.08. The molecule has 2 nitrogen and oxygen atoms in total. The topological polar surface area (TPSA) is 26.3 Å². The maximum atomic E-state index is 13.5. The normalized spacial score (nSPS) is 11.3. The fourth-order valence-corrected chi connectivity index (χ4v) is 2.10. The molecule has 0 heterocycles. The van der Waals surface area contributed by atoms with Crippen LogP contribution < -0.4 is 4.74 Å². The quantitative estimate of drug-likeness (QED) is 0.590. The van der Waals surface area contributed by atoms with Crippen LogP contribution in [0, 0.1) is 5.82 Å². The van der Waals surface area contributed by atoms with E-state index >= 15 is 0 Å². The number of Topliss-reactive ketones (excluding diaryl/α,β-unsaturated/α-hetero) is 1. The van der Waals surface area contributed by atoms with Crippen LogP contribution in [-0.2, 0) is 12.6 Å². The molecule has 0 aliphatic rings. The predicted molar refractivity (Wildman–Crippen MR) is 77.0 cm³/mol. The van der Waals surface area contributed by atoms with Gasteiger partial charge in [-0.3, -0.25) is 4.79 Å². The minimum absolute atomic E-state index is 0.0456. The van der Waals surface area contributed by atoms with Gasteiger partial charge in [-0.05, 0) is 42.3 Å². The highest BCUT2D eigenvalue weighted by Gasteiger charge is 2.29. The Morgan fingerprint density at radius 3 is 2.26 bits per heavy atom. The van der Waals surface area contributed by atoms with Gasteiger partial charge in [0.2, 0.25) is 0 Å². The summed E-state index contributed by atoms with van der Waals surface area (Å²) in [7, 11) is 1.32. The van der Waals surface area contributed by atoms with Crippen LogP contribution in [0.2, 0.25) is 0 Å². The number of ether oxygens (including phenoxy) is 1. The van der Waals surface area contributed by atoms with Gasteiger partial charge in [0.25, 0.3) is 0 Å². The summed E-state index contributed by atoms with van der Waals surface area (Å²) in [5, 5.41) is 0. The SMILES string of the molecule is COc1ccc(C(=O)CCc2ccc(C(F)(F)F)cc2)cc1F. The van der Waals surface area contributed by atoms with Crippen molar-refractivity contribution >= 4 is 5.78 Å². The van der Waals surface area contributed by atoms with Gasteiger partial charge in [0.15, 0.2) is 17.3 Å². The van der Waals surface area contributed by atoms with E-state index in [1.165, 1.54) is 31.4 Å². The first-order valence-electron chi connectivity index (χ1n) is 6.84. The van der Waals surface area contributed by atoms with Crippen molar-refractivity contribution in [1.82, 2.24) is 0 Å². The highest BCUT2D eigenvalue weighted by atomic mass is 19.4. The zero-order valence-corrected chi connectivity index (χ0v) is 12.3. The summed E-state index contributed by atoms with van der Waals surface area (Å²) in [6.45, 7) is 0. The summed E-state index contributed by atoms with van der Waals surface area (Å²) >= 11 is 0. The number of aryl methyl sites for hydroxylation is 1. The molecule has 2 aromatic carbocycles. The fourth-order valence-electron chi connectivity index (χ4n) is 2.10. The van der Waals surface area contributed by atoms with Crippen LogP contribution in [0.25, 0.3) is 0 Å². The maximum absolute atomic E-state index is 13.5. The molecule has 0 fully saturated rings. The highest BCUT2D eigenvalue weighted by molar-refractivity contribution is 5.96. The van der Waals surface area contributed by atoms with Gasteiger partial charge in [0, 0.05) is 12.0 Å². The van der Waals surface area contributed by atoms with Crippen LogP contribution >= 0.6 is 0 Å². The predicted octanol–water partition coefficient (Wildman–Crippen LogP) is 4.67. The molecule has 0 aliphatic heterocycles. The third kappa shape index (κ3) is 4.31. The minimum atomic E-state index is -4.38. The van der Waals surface area contributed by atoms with Crippen molar-refractivity contribution < 1.29 is 27.1 Å². The van der Waals surface area contributed by atoms with Crippen molar-refractivity contribution in [2.24, 2.45) is 0 Å². The Hall–Kier alpha value is -2.37. The van der Waals surface area contributed by atoms with Gasteiger partial charge >= 0.3 is 6.18 Å². The molecular formula is C17H14F4O2. The van der Waals surface area contributed by atoms with Gasteiger partial charge in [-0.25, -0.2) is 4.39 Å². The van der Waals surface area contributed by atoms with Crippen molar-refractivity contribution in [1.29, 1.82) is 0 Å². The first-order valence-corrected chi connectivity index (χ1v) is 6.84. The van der Waals surface area contributed by atoms with Crippen molar-refractivity contribution in [2.75, 3.05) is 7.11 Å². The molecule has 0 aromatic heterocycles. The molecule has 0 aliphatic carbocycles. The summed E-state index contributed by atoms with van der Waals surface area (Å²) in [5.41, 5.74) is 0.0837. The van der Waals surface area contributed by atoms with Crippen LogP contribution in [0.1, 0.15) is 27.9 Å². The van der Waals surface area contributed by atoms with Crippen molar-refractivity contribution in [3.05, 3.63) is 65.0 Å². The monoisotopic (exact) mass is 326 g/mol. The summed E-state index contributed by atoms with van der Waals surface area (Å²) in [6.07, 6.45) is -4.02. The lowest BCUT2D eigenvalue weighted by atomic mass is 10.0. The van der Waals surface area contributed by atoms with Crippen LogP contribution in [0.4, 0.5) is 17.6 Å². The average molecular weight is 326 g/mol. The minimum Gasteiger partial charge on any atom is -0.494 e. The zero-order valence-electron chi connectivity index (χ0n) is 12.3. The van der Waals surface area contributed by atoms with Crippen LogP contribution in [0.15, 0.2) is 42.5 Å². The Bertz CT molecular complexity index is 691. The molecule has 0 spiro atoms. The smallest absolute Gasteiger partial charge is 0.416 e. The number of carbonyl (C=O) groups is 1. The highest BCUT2D eigenvalue weighted by Crippen LogP contribution is 2.29. The molecular weight excluding hydrogens is 312 g/mol. The number of benzene rings is 2.